The molecule has 1 unspecified atom stereocenters. The van der Waals surface area contributed by atoms with Crippen molar-refractivity contribution in [3.63, 3.8) is 0 Å². The van der Waals surface area contributed by atoms with Gasteiger partial charge >= 0.3 is 11.9 Å². The molecule has 2 aromatic carbocycles. The third-order valence-corrected chi connectivity index (χ3v) is 4.08. The summed E-state index contributed by atoms with van der Waals surface area (Å²) in [4.78, 5) is 37.2. The quantitative estimate of drug-likeness (QED) is 0.432. The molecule has 0 fully saturated rings. The van der Waals surface area contributed by atoms with Crippen molar-refractivity contribution in [3.05, 3.63) is 71.8 Å². The molecule has 0 spiro atoms. The van der Waals surface area contributed by atoms with Crippen LogP contribution in [0.4, 0.5) is 0 Å². The molecule has 0 radical (unpaired) electrons. The summed E-state index contributed by atoms with van der Waals surface area (Å²) < 4.78 is 10.2. The van der Waals surface area contributed by atoms with Crippen LogP contribution in [0, 0.1) is 5.92 Å². The van der Waals surface area contributed by atoms with Crippen molar-refractivity contribution in [2.45, 2.75) is 25.9 Å². The summed E-state index contributed by atoms with van der Waals surface area (Å²) in [5.41, 5.74) is 0.192. The molecule has 0 heterocycles. The van der Waals surface area contributed by atoms with Crippen molar-refractivity contribution in [3.8, 4) is 0 Å². The number of carbonyl (C=O) groups is 3. The summed E-state index contributed by atoms with van der Waals surface area (Å²) in [6.07, 6.45) is -0.367. The molecular formula is C21H22O5. The predicted octanol–water partition coefficient (Wildman–Crippen LogP) is 3.53. The van der Waals surface area contributed by atoms with Crippen LogP contribution in [0.3, 0.4) is 0 Å². The third-order valence-electron chi connectivity index (χ3n) is 4.08. The minimum Gasteiger partial charge on any atom is -0.469 e. The van der Waals surface area contributed by atoms with Crippen LogP contribution in [0.5, 0.6) is 0 Å². The first-order valence-electron chi connectivity index (χ1n) is 8.29. The van der Waals surface area contributed by atoms with E-state index in [-0.39, 0.29) is 6.42 Å². The number of Topliss-reactive ketones (excluding diaryl/α,β-unsaturated/α-hetero) is 1. The first kappa shape index (κ1) is 19.4. The molecule has 136 valence electrons. The van der Waals surface area contributed by atoms with Crippen LogP contribution in [-0.2, 0) is 24.7 Å². The van der Waals surface area contributed by atoms with E-state index >= 15 is 0 Å². The van der Waals surface area contributed by atoms with Crippen LogP contribution in [0.2, 0.25) is 0 Å². The molecular weight excluding hydrogens is 332 g/mol. The first-order chi connectivity index (χ1) is 12.3. The Balaban J connectivity index is 2.25. The zero-order valence-electron chi connectivity index (χ0n) is 15.1. The second-order valence-corrected chi connectivity index (χ2v) is 6.36. The number of benzene rings is 2. The normalized spacial score (nSPS) is 12.1. The van der Waals surface area contributed by atoms with Gasteiger partial charge < -0.3 is 9.47 Å². The van der Waals surface area contributed by atoms with Crippen molar-refractivity contribution in [2.24, 2.45) is 5.92 Å². The Bertz CT molecular complexity index is 766. The van der Waals surface area contributed by atoms with E-state index in [4.69, 9.17) is 4.74 Å². The molecule has 0 saturated carbocycles. The van der Waals surface area contributed by atoms with Gasteiger partial charge in [-0.15, -0.1) is 0 Å². The summed E-state index contributed by atoms with van der Waals surface area (Å²) >= 11 is 0. The lowest BCUT2D eigenvalue weighted by atomic mass is 9.93. The molecule has 0 amide bonds. The zero-order chi connectivity index (χ0) is 19.2. The summed E-state index contributed by atoms with van der Waals surface area (Å²) in [5.74, 6) is -3.12. The molecule has 2 rings (SSSR count). The Morgan fingerprint density at radius 1 is 0.923 bits per heavy atom. The minimum atomic E-state index is -1.26. The van der Waals surface area contributed by atoms with Gasteiger partial charge in [0.1, 0.15) is 11.5 Å². The Hall–Kier alpha value is -2.95. The Morgan fingerprint density at radius 2 is 1.46 bits per heavy atom. The van der Waals surface area contributed by atoms with Gasteiger partial charge in [0.05, 0.1) is 13.5 Å². The van der Waals surface area contributed by atoms with Crippen molar-refractivity contribution in [2.75, 3.05) is 7.11 Å². The lowest BCUT2D eigenvalue weighted by molar-refractivity contribution is -0.163. The molecule has 5 nitrogen and oxygen atoms in total. The molecule has 0 aliphatic heterocycles. The van der Waals surface area contributed by atoms with Crippen LogP contribution in [0.1, 0.15) is 36.2 Å². The molecule has 0 saturated heterocycles. The first-order valence-corrected chi connectivity index (χ1v) is 8.29. The third kappa shape index (κ3) is 4.79. The van der Waals surface area contributed by atoms with Crippen LogP contribution >= 0.6 is 0 Å². The van der Waals surface area contributed by atoms with Gasteiger partial charge in [0.25, 0.3) is 0 Å². The average Bonchev–Trinajstić information content (AvgIpc) is 2.66. The molecule has 2 aromatic rings. The van der Waals surface area contributed by atoms with Crippen molar-refractivity contribution in [1.29, 1.82) is 0 Å². The summed E-state index contributed by atoms with van der Waals surface area (Å²) in [6.45, 7) is 3.48. The van der Waals surface area contributed by atoms with Crippen LogP contribution < -0.4 is 0 Å². The van der Waals surface area contributed by atoms with E-state index in [9.17, 15) is 14.4 Å². The second-order valence-electron chi connectivity index (χ2n) is 6.36. The fourth-order valence-electron chi connectivity index (χ4n) is 2.56. The monoisotopic (exact) mass is 354 g/mol. The maximum absolute atomic E-state index is 12.8. The Kier molecular flexibility index (Phi) is 6.28. The van der Waals surface area contributed by atoms with Gasteiger partial charge in [0.15, 0.2) is 5.78 Å². The smallest absolute Gasteiger partial charge is 0.318 e. The minimum absolute atomic E-state index is 0.343. The second kappa shape index (κ2) is 8.43. The van der Waals surface area contributed by atoms with Gasteiger partial charge in [-0.2, -0.15) is 0 Å². The number of hydrogen-bond acceptors (Lipinski definition) is 5. The molecule has 0 bridgehead atoms. The van der Waals surface area contributed by atoms with E-state index in [0.29, 0.717) is 5.56 Å². The molecule has 0 aliphatic carbocycles. The SMILES string of the molecule is COC(=O)CC(C(=O)OC(C)(C)c1ccccc1)C(=O)c1ccccc1. The highest BCUT2D eigenvalue weighted by molar-refractivity contribution is 6.10. The van der Waals surface area contributed by atoms with Crippen molar-refractivity contribution >= 4 is 17.7 Å². The van der Waals surface area contributed by atoms with Crippen LogP contribution in [0.25, 0.3) is 0 Å². The lowest BCUT2D eigenvalue weighted by Gasteiger charge is -2.27. The molecule has 0 aliphatic rings. The number of esters is 2. The summed E-state index contributed by atoms with van der Waals surface area (Å²) in [6, 6.07) is 17.6. The maximum atomic E-state index is 12.8. The number of carbonyl (C=O) groups excluding carboxylic acids is 3. The summed E-state index contributed by atoms with van der Waals surface area (Å²) in [5, 5.41) is 0. The predicted molar refractivity (Wildman–Crippen MR) is 96.5 cm³/mol. The fourth-order valence-corrected chi connectivity index (χ4v) is 2.56. The number of ketones is 1. The maximum Gasteiger partial charge on any atom is 0.318 e. The van der Waals surface area contributed by atoms with Crippen LogP contribution in [-0.4, -0.2) is 24.8 Å². The Labute approximate surface area is 152 Å². The topological polar surface area (TPSA) is 69.7 Å². The largest absolute Gasteiger partial charge is 0.469 e. The molecule has 0 aromatic heterocycles. The van der Waals surface area contributed by atoms with E-state index < -0.39 is 29.2 Å². The lowest BCUT2D eigenvalue weighted by Crippen LogP contribution is -2.34. The van der Waals surface area contributed by atoms with Crippen LogP contribution in [0.15, 0.2) is 60.7 Å². The van der Waals surface area contributed by atoms with Gasteiger partial charge in [0, 0.05) is 5.56 Å². The standard InChI is InChI=1S/C21H22O5/c1-21(2,16-12-8-5-9-13-16)26-20(24)17(14-18(22)25-3)19(23)15-10-6-4-7-11-15/h4-13,17H,14H2,1-3H3. The van der Waals surface area contributed by atoms with E-state index in [1.54, 1.807) is 44.2 Å². The highest BCUT2D eigenvalue weighted by Crippen LogP contribution is 2.27. The number of ether oxygens (including phenoxy) is 2. The molecule has 1 atom stereocenters. The van der Waals surface area contributed by atoms with Gasteiger partial charge in [0.2, 0.25) is 0 Å². The van der Waals surface area contributed by atoms with E-state index in [0.717, 1.165) is 5.56 Å². The number of methoxy groups -OCH3 is 1. The number of hydrogen-bond donors (Lipinski definition) is 0. The highest BCUT2D eigenvalue weighted by atomic mass is 16.6. The van der Waals surface area contributed by atoms with E-state index in [1.807, 2.05) is 30.3 Å². The fraction of sp³-hybridized carbons (Fsp3) is 0.286. The Morgan fingerprint density at radius 3 is 2.00 bits per heavy atom. The number of rotatable bonds is 7. The van der Waals surface area contributed by atoms with Gasteiger partial charge in [-0.05, 0) is 19.4 Å². The van der Waals surface area contributed by atoms with Gasteiger partial charge in [-0.3, -0.25) is 14.4 Å². The molecule has 5 heteroatoms. The molecule has 26 heavy (non-hydrogen) atoms. The van der Waals surface area contributed by atoms with E-state index in [1.165, 1.54) is 7.11 Å². The zero-order valence-corrected chi connectivity index (χ0v) is 15.1. The van der Waals surface area contributed by atoms with Gasteiger partial charge in [-0.25, -0.2) is 0 Å². The average molecular weight is 354 g/mol. The molecule has 0 N–H and O–H groups in total. The van der Waals surface area contributed by atoms with Gasteiger partial charge in [-0.1, -0.05) is 60.7 Å². The van der Waals surface area contributed by atoms with Crippen molar-refractivity contribution in [1.82, 2.24) is 0 Å². The summed E-state index contributed by atoms with van der Waals surface area (Å²) in [7, 11) is 1.21. The van der Waals surface area contributed by atoms with E-state index in [2.05, 4.69) is 4.74 Å². The highest BCUT2D eigenvalue weighted by Gasteiger charge is 2.36. The van der Waals surface area contributed by atoms with Crippen molar-refractivity contribution < 1.29 is 23.9 Å².